The smallest absolute Gasteiger partial charge is 0.279 e. The molecule has 0 radical (unpaired) electrons. The summed E-state index contributed by atoms with van der Waals surface area (Å²) in [6.45, 7) is 9.27. The van der Waals surface area contributed by atoms with E-state index in [4.69, 9.17) is 9.47 Å². The van der Waals surface area contributed by atoms with E-state index < -0.39 is 10.2 Å². The molecule has 0 spiro atoms. The van der Waals surface area contributed by atoms with Gasteiger partial charge in [-0.3, -0.25) is 4.90 Å². The highest BCUT2D eigenvalue weighted by molar-refractivity contribution is 7.87. The van der Waals surface area contributed by atoms with Crippen LogP contribution in [0.25, 0.3) is 0 Å². The van der Waals surface area contributed by atoms with E-state index in [9.17, 15) is 8.42 Å². The quantitative estimate of drug-likeness (QED) is 0.694. The van der Waals surface area contributed by atoms with Gasteiger partial charge in [0.2, 0.25) is 0 Å². The van der Waals surface area contributed by atoms with Gasteiger partial charge in [-0.2, -0.15) is 17.4 Å². The molecule has 8 heteroatoms. The number of ether oxygens (including phenoxy) is 2. The molecule has 2 fully saturated rings. The van der Waals surface area contributed by atoms with E-state index in [1.165, 1.54) is 4.31 Å². The third kappa shape index (κ3) is 5.46. The van der Waals surface area contributed by atoms with Crippen LogP contribution in [0.2, 0.25) is 0 Å². The van der Waals surface area contributed by atoms with Crippen LogP contribution in [0.5, 0.6) is 0 Å². The summed E-state index contributed by atoms with van der Waals surface area (Å²) in [5.41, 5.74) is 0. The summed E-state index contributed by atoms with van der Waals surface area (Å²) in [4.78, 5) is 2.25. The molecule has 124 valence electrons. The topological polar surface area (TPSA) is 71.1 Å². The van der Waals surface area contributed by atoms with Crippen molar-refractivity contribution in [3.8, 4) is 0 Å². The van der Waals surface area contributed by atoms with Crippen LogP contribution in [0.3, 0.4) is 0 Å². The largest absolute Gasteiger partial charge is 0.379 e. The van der Waals surface area contributed by atoms with Gasteiger partial charge in [-0.1, -0.05) is 0 Å². The van der Waals surface area contributed by atoms with Crippen LogP contribution in [-0.4, -0.2) is 82.3 Å². The summed E-state index contributed by atoms with van der Waals surface area (Å²) in [7, 11) is -3.33. The van der Waals surface area contributed by atoms with Crippen LogP contribution in [0.15, 0.2) is 0 Å². The van der Waals surface area contributed by atoms with E-state index in [2.05, 4.69) is 9.62 Å². The highest BCUT2D eigenvalue weighted by atomic mass is 32.2. The molecule has 0 aliphatic carbocycles. The molecule has 2 aliphatic heterocycles. The second-order valence-corrected chi connectivity index (χ2v) is 7.58. The Bertz CT molecular complexity index is 402. The Balaban J connectivity index is 1.65. The first-order valence-electron chi connectivity index (χ1n) is 7.66. The Morgan fingerprint density at radius 1 is 1.29 bits per heavy atom. The number of hydrogen-bond acceptors (Lipinski definition) is 5. The van der Waals surface area contributed by atoms with Gasteiger partial charge in [0.1, 0.15) is 0 Å². The molecule has 0 aromatic carbocycles. The second kappa shape index (κ2) is 7.85. The third-order valence-corrected chi connectivity index (χ3v) is 5.52. The molecule has 2 saturated heterocycles. The monoisotopic (exact) mass is 321 g/mol. The predicted molar refractivity (Wildman–Crippen MR) is 80.4 cm³/mol. The summed E-state index contributed by atoms with van der Waals surface area (Å²) in [6.07, 6.45) is 1.22. The van der Waals surface area contributed by atoms with Crippen LogP contribution in [0.4, 0.5) is 0 Å². The molecule has 2 heterocycles. The van der Waals surface area contributed by atoms with Crippen molar-refractivity contribution in [2.75, 3.05) is 52.5 Å². The van der Waals surface area contributed by atoms with Crippen LogP contribution in [0, 0.1) is 0 Å². The van der Waals surface area contributed by atoms with Crippen LogP contribution >= 0.6 is 0 Å². The molecule has 2 aliphatic rings. The van der Waals surface area contributed by atoms with Gasteiger partial charge in [-0.15, -0.1) is 0 Å². The number of rotatable bonds is 7. The number of hydrogen-bond donors (Lipinski definition) is 1. The number of nitrogens with one attached hydrogen (secondary N) is 1. The van der Waals surface area contributed by atoms with Gasteiger partial charge < -0.3 is 9.47 Å². The van der Waals surface area contributed by atoms with Crippen molar-refractivity contribution < 1.29 is 17.9 Å². The Labute approximate surface area is 127 Å². The lowest BCUT2D eigenvalue weighted by Crippen LogP contribution is -2.53. The Hall–Kier alpha value is -0.250. The molecule has 0 aromatic heterocycles. The Morgan fingerprint density at radius 3 is 2.57 bits per heavy atom. The van der Waals surface area contributed by atoms with Crippen molar-refractivity contribution in [2.24, 2.45) is 0 Å². The molecule has 1 unspecified atom stereocenters. The zero-order valence-corrected chi connectivity index (χ0v) is 13.8. The standard InChI is InChI=1S/C13H27N3O4S/c1-12(2)14-21(17,18)16-6-4-15(5-7-16)8-10-20-13-3-9-19-11-13/h12-14H,3-11H2,1-2H3. The minimum absolute atomic E-state index is 0.0740. The molecule has 0 bridgehead atoms. The maximum Gasteiger partial charge on any atom is 0.279 e. The number of nitrogens with zero attached hydrogens (tertiary/aromatic N) is 2. The summed E-state index contributed by atoms with van der Waals surface area (Å²) in [6, 6.07) is -0.0740. The van der Waals surface area contributed by atoms with Crippen molar-refractivity contribution in [3.63, 3.8) is 0 Å². The average Bonchev–Trinajstić information content (AvgIpc) is 2.91. The van der Waals surface area contributed by atoms with Crippen molar-refractivity contribution in [1.29, 1.82) is 0 Å². The van der Waals surface area contributed by atoms with Crippen LogP contribution < -0.4 is 4.72 Å². The van der Waals surface area contributed by atoms with E-state index in [0.29, 0.717) is 26.3 Å². The first-order chi connectivity index (χ1) is 9.97. The molecular formula is C13H27N3O4S. The van der Waals surface area contributed by atoms with Gasteiger partial charge in [-0.25, -0.2) is 0 Å². The molecule has 2 rings (SSSR count). The predicted octanol–water partition coefficient (Wildman–Crippen LogP) is -0.348. The summed E-state index contributed by atoms with van der Waals surface area (Å²) < 4.78 is 39.3. The molecule has 1 atom stereocenters. The Morgan fingerprint density at radius 2 is 2.00 bits per heavy atom. The van der Waals surface area contributed by atoms with Crippen molar-refractivity contribution in [1.82, 2.24) is 13.9 Å². The molecule has 21 heavy (non-hydrogen) atoms. The van der Waals surface area contributed by atoms with E-state index in [1.54, 1.807) is 0 Å². The molecular weight excluding hydrogens is 294 g/mol. The fourth-order valence-electron chi connectivity index (χ4n) is 2.56. The van der Waals surface area contributed by atoms with Crippen LogP contribution in [-0.2, 0) is 19.7 Å². The first-order valence-corrected chi connectivity index (χ1v) is 9.10. The van der Waals surface area contributed by atoms with E-state index >= 15 is 0 Å². The minimum atomic E-state index is -3.33. The van der Waals surface area contributed by atoms with Gasteiger partial charge in [0.05, 0.1) is 19.3 Å². The van der Waals surface area contributed by atoms with Crippen molar-refractivity contribution in [3.05, 3.63) is 0 Å². The van der Waals surface area contributed by atoms with Gasteiger partial charge >= 0.3 is 0 Å². The summed E-state index contributed by atoms with van der Waals surface area (Å²) >= 11 is 0. The molecule has 7 nitrogen and oxygen atoms in total. The third-order valence-electron chi connectivity index (χ3n) is 3.70. The van der Waals surface area contributed by atoms with Gasteiger partial charge in [0, 0.05) is 45.4 Å². The fourth-order valence-corrected chi connectivity index (χ4v) is 3.95. The zero-order chi connectivity index (χ0) is 15.3. The lowest BCUT2D eigenvalue weighted by molar-refractivity contribution is 0.0255. The molecule has 0 amide bonds. The highest BCUT2D eigenvalue weighted by Crippen LogP contribution is 2.09. The van der Waals surface area contributed by atoms with Gasteiger partial charge in [-0.05, 0) is 20.3 Å². The second-order valence-electron chi connectivity index (χ2n) is 5.87. The molecule has 0 saturated carbocycles. The van der Waals surface area contributed by atoms with Gasteiger partial charge in [0.25, 0.3) is 10.2 Å². The fraction of sp³-hybridized carbons (Fsp3) is 1.00. The normalized spacial score (nSPS) is 25.8. The average molecular weight is 321 g/mol. The van der Waals surface area contributed by atoms with Crippen molar-refractivity contribution in [2.45, 2.75) is 32.4 Å². The summed E-state index contributed by atoms with van der Waals surface area (Å²) in [5.74, 6) is 0. The van der Waals surface area contributed by atoms with Gasteiger partial charge in [0.15, 0.2) is 0 Å². The zero-order valence-electron chi connectivity index (χ0n) is 13.0. The van der Waals surface area contributed by atoms with E-state index in [1.807, 2.05) is 13.8 Å². The first kappa shape index (κ1) is 17.1. The number of piperazine rings is 1. The lowest BCUT2D eigenvalue weighted by atomic mass is 10.3. The molecule has 0 aromatic rings. The lowest BCUT2D eigenvalue weighted by Gasteiger charge is -2.34. The maximum atomic E-state index is 12.0. The minimum Gasteiger partial charge on any atom is -0.379 e. The van der Waals surface area contributed by atoms with Crippen LogP contribution in [0.1, 0.15) is 20.3 Å². The summed E-state index contributed by atoms with van der Waals surface area (Å²) in [5, 5.41) is 0. The van der Waals surface area contributed by atoms with Crippen molar-refractivity contribution >= 4 is 10.2 Å². The van der Waals surface area contributed by atoms with E-state index in [0.717, 1.165) is 32.7 Å². The SMILES string of the molecule is CC(C)NS(=O)(=O)N1CCN(CCOC2CCOC2)CC1. The van der Waals surface area contributed by atoms with E-state index in [-0.39, 0.29) is 12.1 Å². The highest BCUT2D eigenvalue weighted by Gasteiger charge is 2.27. The maximum absolute atomic E-state index is 12.0. The molecule has 1 N–H and O–H groups in total. The Kier molecular flexibility index (Phi) is 6.39.